The molecule has 0 saturated carbocycles. The van der Waals surface area contributed by atoms with E-state index in [1.54, 1.807) is 6.20 Å². The lowest BCUT2D eigenvalue weighted by Crippen LogP contribution is -2.08. The van der Waals surface area contributed by atoms with Crippen LogP contribution >= 0.6 is 0 Å². The second-order valence-electron chi connectivity index (χ2n) is 3.97. The maximum atomic E-state index is 12.2. The van der Waals surface area contributed by atoms with Gasteiger partial charge in [0.2, 0.25) is 5.78 Å². The molecule has 0 bridgehead atoms. The fraction of sp³-hybridized carbons (Fsp3) is 0.231. The smallest absolute Gasteiger partial charge is 0.316 e. The molecule has 5 nitrogen and oxygen atoms in total. The predicted octanol–water partition coefficient (Wildman–Crippen LogP) is 1.73. The quantitative estimate of drug-likeness (QED) is 0.768. The summed E-state index contributed by atoms with van der Waals surface area (Å²) < 4.78 is 4.84. The first-order chi connectivity index (χ1) is 8.61. The van der Waals surface area contributed by atoms with Gasteiger partial charge in [0.1, 0.15) is 5.69 Å². The molecule has 18 heavy (non-hydrogen) atoms. The van der Waals surface area contributed by atoms with Gasteiger partial charge in [0.15, 0.2) is 0 Å². The summed E-state index contributed by atoms with van der Waals surface area (Å²) in [7, 11) is 1.47. The molecule has 2 heterocycles. The molecule has 2 aromatic heterocycles. The lowest BCUT2D eigenvalue weighted by atomic mass is 10.1. The van der Waals surface area contributed by atoms with Gasteiger partial charge in [-0.2, -0.15) is 0 Å². The normalized spacial score (nSPS) is 10.2. The van der Waals surface area contributed by atoms with E-state index < -0.39 is 0 Å². The lowest BCUT2D eigenvalue weighted by molar-refractivity contribution is 0.103. The van der Waals surface area contributed by atoms with E-state index in [-0.39, 0.29) is 11.8 Å². The second kappa shape index (κ2) is 4.91. The number of rotatable bonds is 3. The van der Waals surface area contributed by atoms with Crippen LogP contribution < -0.4 is 4.74 Å². The maximum Gasteiger partial charge on any atom is 0.316 e. The topological polar surface area (TPSA) is 65.0 Å². The molecule has 0 spiro atoms. The molecule has 0 saturated heterocycles. The summed E-state index contributed by atoms with van der Waals surface area (Å²) in [6, 6.07) is 2.16. The minimum absolute atomic E-state index is 0.185. The van der Waals surface area contributed by atoms with Crippen LogP contribution in [0.25, 0.3) is 0 Å². The molecular weight excluding hydrogens is 230 g/mol. The molecule has 0 aliphatic rings. The third kappa shape index (κ3) is 2.34. The van der Waals surface area contributed by atoms with E-state index in [0.29, 0.717) is 11.3 Å². The fourth-order valence-electron chi connectivity index (χ4n) is 1.63. The highest BCUT2D eigenvalue weighted by Crippen LogP contribution is 2.12. The summed E-state index contributed by atoms with van der Waals surface area (Å²) in [6.07, 6.45) is 4.55. The summed E-state index contributed by atoms with van der Waals surface area (Å²) in [5, 5.41) is 0. The molecular formula is C13H13N3O2. The summed E-state index contributed by atoms with van der Waals surface area (Å²) in [5.41, 5.74) is 2.69. The average Bonchev–Trinajstić information content (AvgIpc) is 2.38. The van der Waals surface area contributed by atoms with Crippen LogP contribution in [0.4, 0.5) is 0 Å². The zero-order chi connectivity index (χ0) is 13.1. The second-order valence-corrected chi connectivity index (χ2v) is 3.97. The van der Waals surface area contributed by atoms with Gasteiger partial charge in [0.05, 0.1) is 12.7 Å². The number of nitrogens with zero attached hydrogens (tertiary/aromatic N) is 3. The van der Waals surface area contributed by atoms with Crippen molar-refractivity contribution >= 4 is 5.78 Å². The van der Waals surface area contributed by atoms with Gasteiger partial charge < -0.3 is 4.74 Å². The van der Waals surface area contributed by atoms with Crippen LogP contribution in [0, 0.1) is 13.8 Å². The molecule has 2 rings (SSSR count). The maximum absolute atomic E-state index is 12.2. The number of carbonyl (C=O) groups is 1. The lowest BCUT2D eigenvalue weighted by Gasteiger charge is -2.04. The highest BCUT2D eigenvalue weighted by Gasteiger charge is 2.14. The Morgan fingerprint density at radius 3 is 2.33 bits per heavy atom. The van der Waals surface area contributed by atoms with Gasteiger partial charge in [0.25, 0.3) is 0 Å². The molecule has 0 unspecified atom stereocenters. The van der Waals surface area contributed by atoms with Crippen molar-refractivity contribution in [1.82, 2.24) is 15.0 Å². The van der Waals surface area contributed by atoms with Crippen LogP contribution in [0.15, 0.2) is 24.7 Å². The molecule has 0 aliphatic heterocycles. The minimum Gasteiger partial charge on any atom is -0.467 e. The van der Waals surface area contributed by atoms with E-state index in [2.05, 4.69) is 15.0 Å². The van der Waals surface area contributed by atoms with Crippen molar-refractivity contribution in [3.63, 3.8) is 0 Å². The number of ether oxygens (including phenoxy) is 1. The van der Waals surface area contributed by atoms with Crippen molar-refractivity contribution in [3.8, 4) is 6.01 Å². The molecule has 0 radical (unpaired) electrons. The van der Waals surface area contributed by atoms with Crippen LogP contribution in [0.3, 0.4) is 0 Å². The van der Waals surface area contributed by atoms with E-state index in [0.717, 1.165) is 11.1 Å². The highest BCUT2D eigenvalue weighted by molar-refractivity contribution is 6.08. The Morgan fingerprint density at radius 2 is 1.78 bits per heavy atom. The van der Waals surface area contributed by atoms with Gasteiger partial charge in [-0.15, -0.1) is 0 Å². The van der Waals surface area contributed by atoms with Gasteiger partial charge in [-0.25, -0.2) is 9.97 Å². The van der Waals surface area contributed by atoms with Crippen molar-refractivity contribution in [2.24, 2.45) is 0 Å². The van der Waals surface area contributed by atoms with Gasteiger partial charge >= 0.3 is 6.01 Å². The highest BCUT2D eigenvalue weighted by atomic mass is 16.5. The largest absolute Gasteiger partial charge is 0.467 e. The van der Waals surface area contributed by atoms with Gasteiger partial charge in [0, 0.05) is 18.6 Å². The predicted molar refractivity (Wildman–Crippen MR) is 65.7 cm³/mol. The van der Waals surface area contributed by atoms with E-state index in [9.17, 15) is 4.79 Å². The van der Waals surface area contributed by atoms with Crippen LogP contribution in [-0.4, -0.2) is 27.8 Å². The zero-order valence-corrected chi connectivity index (χ0v) is 10.5. The fourth-order valence-corrected chi connectivity index (χ4v) is 1.63. The Balaban J connectivity index is 2.35. The Kier molecular flexibility index (Phi) is 3.32. The monoisotopic (exact) mass is 243 g/mol. The number of ketones is 1. The van der Waals surface area contributed by atoms with E-state index in [1.807, 2.05) is 19.9 Å². The molecule has 2 aromatic rings. The van der Waals surface area contributed by atoms with Crippen LogP contribution in [0.1, 0.15) is 27.2 Å². The molecule has 0 aromatic carbocycles. The number of hydrogen-bond acceptors (Lipinski definition) is 5. The molecule has 0 amide bonds. The standard InChI is InChI=1S/C13H13N3O2/c1-8-4-9(2)11(14-5-8)12(17)10-6-15-13(18-3)16-7-10/h4-7H,1-3H3. The van der Waals surface area contributed by atoms with E-state index >= 15 is 0 Å². The first-order valence-electron chi connectivity index (χ1n) is 5.46. The van der Waals surface area contributed by atoms with Crippen LogP contribution in [-0.2, 0) is 0 Å². The number of pyridine rings is 1. The number of aromatic nitrogens is 3. The number of aryl methyl sites for hydroxylation is 2. The third-order valence-corrected chi connectivity index (χ3v) is 2.50. The number of carbonyl (C=O) groups excluding carboxylic acids is 1. The molecule has 0 fully saturated rings. The van der Waals surface area contributed by atoms with Crippen LogP contribution in [0.5, 0.6) is 6.01 Å². The van der Waals surface area contributed by atoms with E-state index in [4.69, 9.17) is 4.74 Å². The summed E-state index contributed by atoms with van der Waals surface area (Å²) in [4.78, 5) is 24.2. The van der Waals surface area contributed by atoms with Gasteiger partial charge in [-0.3, -0.25) is 9.78 Å². The minimum atomic E-state index is -0.185. The summed E-state index contributed by atoms with van der Waals surface area (Å²) >= 11 is 0. The van der Waals surface area contributed by atoms with Crippen molar-refractivity contribution in [2.75, 3.05) is 7.11 Å². The Bertz CT molecular complexity index is 579. The molecule has 5 heteroatoms. The summed E-state index contributed by atoms with van der Waals surface area (Å²) in [5.74, 6) is -0.185. The van der Waals surface area contributed by atoms with Crippen molar-refractivity contribution < 1.29 is 9.53 Å². The first kappa shape index (κ1) is 12.2. The molecule has 0 aliphatic carbocycles. The number of methoxy groups -OCH3 is 1. The van der Waals surface area contributed by atoms with Crippen LogP contribution in [0.2, 0.25) is 0 Å². The first-order valence-corrected chi connectivity index (χ1v) is 5.46. The van der Waals surface area contributed by atoms with Crippen molar-refractivity contribution in [3.05, 3.63) is 47.0 Å². The van der Waals surface area contributed by atoms with E-state index in [1.165, 1.54) is 19.5 Å². The Hall–Kier alpha value is -2.30. The number of hydrogen-bond donors (Lipinski definition) is 0. The third-order valence-electron chi connectivity index (χ3n) is 2.50. The van der Waals surface area contributed by atoms with Crippen molar-refractivity contribution in [1.29, 1.82) is 0 Å². The average molecular weight is 243 g/mol. The van der Waals surface area contributed by atoms with Gasteiger partial charge in [-0.05, 0) is 25.0 Å². The Labute approximate surface area is 105 Å². The molecule has 92 valence electrons. The Morgan fingerprint density at radius 1 is 1.11 bits per heavy atom. The van der Waals surface area contributed by atoms with Crippen molar-refractivity contribution in [2.45, 2.75) is 13.8 Å². The zero-order valence-electron chi connectivity index (χ0n) is 10.5. The van der Waals surface area contributed by atoms with Gasteiger partial charge in [-0.1, -0.05) is 6.07 Å². The summed E-state index contributed by atoms with van der Waals surface area (Å²) in [6.45, 7) is 3.79. The SMILES string of the molecule is COc1ncc(C(=O)c2ncc(C)cc2C)cn1. The molecule has 0 N–H and O–H groups in total. The molecule has 0 atom stereocenters.